The first kappa shape index (κ1) is 15.6. The number of aliphatic hydroxyl groups excluding tert-OH is 1. The smallest absolute Gasteiger partial charge is 0.152 e. The highest BCUT2D eigenvalue weighted by Gasteiger charge is 2.05. The van der Waals surface area contributed by atoms with E-state index in [-0.39, 0.29) is 6.61 Å². The molecule has 0 aliphatic heterocycles. The highest BCUT2D eigenvalue weighted by Crippen LogP contribution is 2.16. The van der Waals surface area contributed by atoms with Crippen molar-refractivity contribution in [3.05, 3.63) is 29.8 Å². The Kier molecular flexibility index (Phi) is 7.81. The lowest BCUT2D eigenvalue weighted by atomic mass is 10.2. The highest BCUT2D eigenvalue weighted by molar-refractivity contribution is 5.84. The van der Waals surface area contributed by atoms with Crippen LogP contribution in [0, 0.1) is 0 Å². The van der Waals surface area contributed by atoms with Crippen molar-refractivity contribution in [2.24, 2.45) is 0 Å². The molecule has 0 bridgehead atoms. The molecule has 0 aliphatic rings. The Labute approximate surface area is 113 Å². The topological polar surface area (TPSA) is 59.0 Å². The zero-order valence-corrected chi connectivity index (χ0v) is 11.2. The van der Waals surface area contributed by atoms with Crippen LogP contribution in [-0.4, -0.2) is 58.0 Å². The van der Waals surface area contributed by atoms with Crippen LogP contribution in [0.4, 0.5) is 5.69 Å². The van der Waals surface area contributed by atoms with E-state index < -0.39 is 0 Å². The average molecular weight is 267 g/mol. The quantitative estimate of drug-likeness (QED) is 0.505. The van der Waals surface area contributed by atoms with Crippen molar-refractivity contribution in [1.29, 1.82) is 0 Å². The van der Waals surface area contributed by atoms with Crippen LogP contribution in [0.3, 0.4) is 0 Å². The van der Waals surface area contributed by atoms with Crippen molar-refractivity contribution in [3.63, 3.8) is 0 Å². The summed E-state index contributed by atoms with van der Waals surface area (Å²) in [7, 11) is 1.92. The molecule has 106 valence electrons. The third-order valence-corrected chi connectivity index (χ3v) is 2.65. The van der Waals surface area contributed by atoms with Crippen LogP contribution >= 0.6 is 0 Å². The number of carbonyl (C=O) groups is 1. The second-order valence-corrected chi connectivity index (χ2v) is 4.05. The van der Waals surface area contributed by atoms with E-state index in [1.54, 1.807) is 6.07 Å². The molecule has 0 heterocycles. The van der Waals surface area contributed by atoms with Crippen molar-refractivity contribution in [1.82, 2.24) is 0 Å². The second-order valence-electron chi connectivity index (χ2n) is 4.05. The Morgan fingerprint density at radius 2 is 1.84 bits per heavy atom. The Hall–Kier alpha value is -1.43. The number of hydrogen-bond acceptors (Lipinski definition) is 5. The van der Waals surface area contributed by atoms with Crippen LogP contribution < -0.4 is 4.90 Å². The molecule has 1 N–H and O–H groups in total. The summed E-state index contributed by atoms with van der Waals surface area (Å²) in [5.74, 6) is 0. The summed E-state index contributed by atoms with van der Waals surface area (Å²) in [5, 5.41) is 8.52. The molecular weight excluding hydrogens is 246 g/mol. The van der Waals surface area contributed by atoms with Gasteiger partial charge in [-0.05, 0) is 12.1 Å². The molecule has 1 aromatic carbocycles. The number of aliphatic hydroxyl groups is 1. The van der Waals surface area contributed by atoms with Gasteiger partial charge in [-0.15, -0.1) is 0 Å². The maximum atomic E-state index is 10.9. The van der Waals surface area contributed by atoms with Gasteiger partial charge >= 0.3 is 0 Å². The number of anilines is 1. The summed E-state index contributed by atoms with van der Waals surface area (Å²) >= 11 is 0. The summed E-state index contributed by atoms with van der Waals surface area (Å²) in [6.45, 7) is 2.62. The molecule has 0 spiro atoms. The van der Waals surface area contributed by atoms with Crippen LogP contribution in [0.1, 0.15) is 10.4 Å². The lowest BCUT2D eigenvalue weighted by molar-refractivity contribution is 0.0353. The first-order chi connectivity index (χ1) is 9.29. The minimum Gasteiger partial charge on any atom is -0.394 e. The van der Waals surface area contributed by atoms with E-state index in [9.17, 15) is 4.79 Å². The molecular formula is C14H21NO4. The first-order valence-corrected chi connectivity index (χ1v) is 6.31. The van der Waals surface area contributed by atoms with Gasteiger partial charge < -0.3 is 19.5 Å². The summed E-state index contributed by atoms with van der Waals surface area (Å²) < 4.78 is 10.5. The third kappa shape index (κ3) is 5.83. The van der Waals surface area contributed by atoms with Crippen LogP contribution in [0.25, 0.3) is 0 Å². The molecule has 5 nitrogen and oxygen atoms in total. The molecule has 0 atom stereocenters. The summed E-state index contributed by atoms with van der Waals surface area (Å²) in [6, 6.07) is 7.45. The molecule has 0 fully saturated rings. The molecule has 0 unspecified atom stereocenters. The lowest BCUT2D eigenvalue weighted by Crippen LogP contribution is -2.24. The standard InChI is InChI=1S/C14H21NO4/c1-15(6-8-18-10-11-19-9-7-16)14-5-3-2-4-13(14)12-17/h2-5,12,16H,6-11H2,1H3. The molecule has 0 saturated carbocycles. The maximum absolute atomic E-state index is 10.9. The number of aldehydes is 1. The van der Waals surface area contributed by atoms with Crippen molar-refractivity contribution in [2.75, 3.05) is 51.5 Å². The van der Waals surface area contributed by atoms with Gasteiger partial charge in [0.25, 0.3) is 0 Å². The summed E-state index contributed by atoms with van der Waals surface area (Å²) in [5.41, 5.74) is 1.58. The van der Waals surface area contributed by atoms with Gasteiger partial charge in [-0.2, -0.15) is 0 Å². The Balaban J connectivity index is 2.23. The van der Waals surface area contributed by atoms with E-state index in [0.717, 1.165) is 12.0 Å². The second kappa shape index (κ2) is 9.49. The van der Waals surface area contributed by atoms with Gasteiger partial charge in [-0.1, -0.05) is 12.1 Å². The van der Waals surface area contributed by atoms with Gasteiger partial charge in [0.2, 0.25) is 0 Å². The Morgan fingerprint density at radius 3 is 2.53 bits per heavy atom. The number of carbonyl (C=O) groups excluding carboxylic acids is 1. The van der Waals surface area contributed by atoms with Gasteiger partial charge in [0, 0.05) is 24.8 Å². The number of nitrogens with zero attached hydrogens (tertiary/aromatic N) is 1. The van der Waals surface area contributed by atoms with Gasteiger partial charge in [0.1, 0.15) is 0 Å². The number of hydrogen-bond donors (Lipinski definition) is 1. The van der Waals surface area contributed by atoms with E-state index in [1.165, 1.54) is 0 Å². The predicted octanol–water partition coefficient (Wildman–Crippen LogP) is 0.961. The number of ether oxygens (including phenoxy) is 2. The van der Waals surface area contributed by atoms with Gasteiger partial charge in [0.05, 0.1) is 33.0 Å². The van der Waals surface area contributed by atoms with Gasteiger partial charge in [-0.3, -0.25) is 4.79 Å². The Bertz CT molecular complexity index is 370. The Morgan fingerprint density at radius 1 is 1.16 bits per heavy atom. The SMILES string of the molecule is CN(CCOCCOCCO)c1ccccc1C=O. The van der Waals surface area contributed by atoms with E-state index in [1.807, 2.05) is 30.1 Å². The summed E-state index contributed by atoms with van der Waals surface area (Å²) in [4.78, 5) is 12.9. The molecule has 0 aliphatic carbocycles. The van der Waals surface area contributed by atoms with Crippen LogP contribution in [0.5, 0.6) is 0 Å². The average Bonchev–Trinajstić information content (AvgIpc) is 2.46. The van der Waals surface area contributed by atoms with Crippen molar-refractivity contribution < 1.29 is 19.4 Å². The molecule has 1 aromatic rings. The zero-order valence-electron chi connectivity index (χ0n) is 11.2. The van der Waals surface area contributed by atoms with Crippen molar-refractivity contribution in [3.8, 4) is 0 Å². The molecule has 19 heavy (non-hydrogen) atoms. The fourth-order valence-electron chi connectivity index (χ4n) is 1.64. The molecule has 0 aromatic heterocycles. The normalized spacial score (nSPS) is 10.4. The molecule has 0 saturated heterocycles. The maximum Gasteiger partial charge on any atom is 0.152 e. The molecule has 0 amide bonds. The number of rotatable bonds is 10. The first-order valence-electron chi connectivity index (χ1n) is 6.31. The minimum atomic E-state index is 0.0330. The fraction of sp³-hybridized carbons (Fsp3) is 0.500. The minimum absolute atomic E-state index is 0.0330. The van der Waals surface area contributed by atoms with Crippen LogP contribution in [0.2, 0.25) is 0 Å². The molecule has 0 radical (unpaired) electrons. The lowest BCUT2D eigenvalue weighted by Gasteiger charge is -2.20. The third-order valence-electron chi connectivity index (χ3n) is 2.65. The number of likely N-dealkylation sites (N-methyl/N-ethyl adjacent to an activating group) is 1. The van der Waals surface area contributed by atoms with E-state index in [2.05, 4.69) is 0 Å². The largest absolute Gasteiger partial charge is 0.394 e. The van der Waals surface area contributed by atoms with Crippen molar-refractivity contribution in [2.45, 2.75) is 0 Å². The van der Waals surface area contributed by atoms with Crippen molar-refractivity contribution >= 4 is 12.0 Å². The number of benzene rings is 1. The number of para-hydroxylation sites is 1. The van der Waals surface area contributed by atoms with Gasteiger partial charge in [0.15, 0.2) is 6.29 Å². The highest BCUT2D eigenvalue weighted by atomic mass is 16.5. The molecule has 5 heteroatoms. The molecule has 1 rings (SSSR count). The van der Waals surface area contributed by atoms with Crippen LogP contribution in [-0.2, 0) is 9.47 Å². The fourth-order valence-corrected chi connectivity index (χ4v) is 1.64. The zero-order chi connectivity index (χ0) is 13.9. The predicted molar refractivity (Wildman–Crippen MR) is 73.8 cm³/mol. The van der Waals surface area contributed by atoms with Gasteiger partial charge in [-0.25, -0.2) is 0 Å². The summed E-state index contributed by atoms with van der Waals surface area (Å²) in [6.07, 6.45) is 0.857. The van der Waals surface area contributed by atoms with Crippen LogP contribution in [0.15, 0.2) is 24.3 Å². The monoisotopic (exact) mass is 267 g/mol. The van der Waals surface area contributed by atoms with E-state index >= 15 is 0 Å². The van der Waals surface area contributed by atoms with E-state index in [0.29, 0.717) is 38.5 Å². The van der Waals surface area contributed by atoms with E-state index in [4.69, 9.17) is 14.6 Å².